The number of aliphatic carboxylic acids is 1. The number of methoxy groups -OCH3 is 2. The van der Waals surface area contributed by atoms with Gasteiger partial charge in [0.15, 0.2) is 11.5 Å². The van der Waals surface area contributed by atoms with Crippen LogP contribution in [0.2, 0.25) is 0 Å². The lowest BCUT2D eigenvalue weighted by molar-refractivity contribution is -0.137. The van der Waals surface area contributed by atoms with Crippen molar-refractivity contribution in [1.82, 2.24) is 5.32 Å². The molecule has 0 spiro atoms. The third kappa shape index (κ3) is 5.64. The maximum Gasteiger partial charge on any atom is 0.305 e. The predicted molar refractivity (Wildman–Crippen MR) is 104 cm³/mol. The van der Waals surface area contributed by atoms with Crippen molar-refractivity contribution >= 4 is 11.9 Å². The van der Waals surface area contributed by atoms with E-state index in [0.717, 1.165) is 6.42 Å². The highest BCUT2D eigenvalue weighted by Gasteiger charge is 2.21. The number of nitrogens with one attached hydrogen (secondary N) is 1. The molecule has 0 aromatic heterocycles. The summed E-state index contributed by atoms with van der Waals surface area (Å²) in [5.74, 6) is 0.158. The van der Waals surface area contributed by atoms with E-state index < -0.39 is 12.0 Å². The van der Waals surface area contributed by atoms with Gasteiger partial charge in [-0.25, -0.2) is 0 Å². The average Bonchev–Trinajstić information content (AvgIpc) is 2.71. The van der Waals surface area contributed by atoms with Crippen LogP contribution in [-0.4, -0.2) is 37.8 Å². The summed E-state index contributed by atoms with van der Waals surface area (Å²) in [6.07, 6.45) is 0.587. The molecule has 0 saturated carbocycles. The molecule has 28 heavy (non-hydrogen) atoms. The third-order valence-corrected chi connectivity index (χ3v) is 4.06. The fraction of sp³-hybridized carbons (Fsp3) is 0.333. The van der Waals surface area contributed by atoms with E-state index in [-0.39, 0.29) is 12.3 Å². The van der Waals surface area contributed by atoms with Crippen molar-refractivity contribution < 1.29 is 28.9 Å². The van der Waals surface area contributed by atoms with Gasteiger partial charge >= 0.3 is 5.97 Å². The van der Waals surface area contributed by atoms with Crippen LogP contribution >= 0.6 is 0 Å². The second-order valence-corrected chi connectivity index (χ2v) is 6.11. The van der Waals surface area contributed by atoms with Gasteiger partial charge in [-0.15, -0.1) is 0 Å². The van der Waals surface area contributed by atoms with Gasteiger partial charge < -0.3 is 24.6 Å². The summed E-state index contributed by atoms with van der Waals surface area (Å²) >= 11 is 0. The Kier molecular flexibility index (Phi) is 7.68. The monoisotopic (exact) mass is 387 g/mol. The standard InChI is InChI=1S/C21H25NO6/c1-4-10-28-16-7-5-6-15(11-16)21(25)22-17(13-20(23)24)14-8-9-18(26-2)19(12-14)27-3/h5-9,11-12,17H,4,10,13H2,1-3H3,(H,22,25)(H,23,24). The zero-order chi connectivity index (χ0) is 20.5. The van der Waals surface area contributed by atoms with E-state index in [1.165, 1.54) is 14.2 Å². The molecule has 2 aromatic rings. The molecule has 0 heterocycles. The second-order valence-electron chi connectivity index (χ2n) is 6.11. The lowest BCUT2D eigenvalue weighted by Gasteiger charge is -2.19. The first-order chi connectivity index (χ1) is 13.5. The number of carboxylic acids is 1. The van der Waals surface area contributed by atoms with E-state index in [1.54, 1.807) is 42.5 Å². The first kappa shape index (κ1) is 21.1. The summed E-state index contributed by atoms with van der Waals surface area (Å²) in [6.45, 7) is 2.55. The average molecular weight is 387 g/mol. The van der Waals surface area contributed by atoms with Crippen molar-refractivity contribution in [3.63, 3.8) is 0 Å². The maximum absolute atomic E-state index is 12.7. The quantitative estimate of drug-likeness (QED) is 0.649. The number of rotatable bonds is 10. The number of carboxylic acid groups (broad SMARTS) is 1. The smallest absolute Gasteiger partial charge is 0.305 e. The van der Waals surface area contributed by atoms with E-state index in [4.69, 9.17) is 14.2 Å². The van der Waals surface area contributed by atoms with Gasteiger partial charge in [0, 0.05) is 5.56 Å². The fourth-order valence-electron chi connectivity index (χ4n) is 2.69. The summed E-state index contributed by atoms with van der Waals surface area (Å²) in [4.78, 5) is 24.0. The first-order valence-corrected chi connectivity index (χ1v) is 8.96. The summed E-state index contributed by atoms with van der Waals surface area (Å²) < 4.78 is 16.0. The number of hydrogen-bond acceptors (Lipinski definition) is 5. The first-order valence-electron chi connectivity index (χ1n) is 8.96. The van der Waals surface area contributed by atoms with Crippen LogP contribution in [0.25, 0.3) is 0 Å². The van der Waals surface area contributed by atoms with Crippen molar-refractivity contribution in [2.24, 2.45) is 0 Å². The van der Waals surface area contributed by atoms with Crippen LogP contribution in [0.1, 0.15) is 41.7 Å². The topological polar surface area (TPSA) is 94.1 Å². The molecule has 0 aliphatic rings. The van der Waals surface area contributed by atoms with Gasteiger partial charge in [-0.2, -0.15) is 0 Å². The van der Waals surface area contributed by atoms with Crippen molar-refractivity contribution in [2.45, 2.75) is 25.8 Å². The largest absolute Gasteiger partial charge is 0.494 e. The lowest BCUT2D eigenvalue weighted by Crippen LogP contribution is -2.30. The Morgan fingerprint density at radius 3 is 2.46 bits per heavy atom. The van der Waals surface area contributed by atoms with Crippen LogP contribution in [0.4, 0.5) is 0 Å². The van der Waals surface area contributed by atoms with Gasteiger partial charge in [0.25, 0.3) is 5.91 Å². The fourth-order valence-corrected chi connectivity index (χ4v) is 2.69. The molecule has 2 N–H and O–H groups in total. The van der Waals surface area contributed by atoms with Crippen LogP contribution in [0.15, 0.2) is 42.5 Å². The van der Waals surface area contributed by atoms with Crippen molar-refractivity contribution in [3.05, 3.63) is 53.6 Å². The number of benzene rings is 2. The van der Waals surface area contributed by atoms with Crippen molar-refractivity contribution in [2.75, 3.05) is 20.8 Å². The molecule has 1 amide bonds. The molecule has 0 bridgehead atoms. The summed E-state index contributed by atoms with van der Waals surface area (Å²) in [6, 6.07) is 11.1. The van der Waals surface area contributed by atoms with E-state index >= 15 is 0 Å². The van der Waals surface area contributed by atoms with Crippen LogP contribution < -0.4 is 19.5 Å². The van der Waals surface area contributed by atoms with Gasteiger partial charge in [-0.1, -0.05) is 19.1 Å². The molecule has 0 aliphatic heterocycles. The molecule has 2 rings (SSSR count). The molecule has 2 aromatic carbocycles. The minimum absolute atomic E-state index is 0.271. The van der Waals surface area contributed by atoms with Crippen LogP contribution in [-0.2, 0) is 4.79 Å². The second kappa shape index (κ2) is 10.2. The minimum atomic E-state index is -1.03. The number of carbonyl (C=O) groups excluding carboxylic acids is 1. The Morgan fingerprint density at radius 1 is 1.07 bits per heavy atom. The van der Waals surface area contributed by atoms with Gasteiger partial charge in [-0.05, 0) is 42.3 Å². The molecular formula is C21H25NO6. The number of amides is 1. The summed E-state index contributed by atoms with van der Waals surface area (Å²) in [5.41, 5.74) is 0.997. The minimum Gasteiger partial charge on any atom is -0.494 e. The molecule has 1 atom stereocenters. The Bertz CT molecular complexity index is 820. The van der Waals surface area contributed by atoms with Crippen LogP contribution in [0.5, 0.6) is 17.2 Å². The van der Waals surface area contributed by atoms with Gasteiger partial charge in [-0.3, -0.25) is 9.59 Å². The maximum atomic E-state index is 12.7. The molecule has 7 heteroatoms. The number of carbonyl (C=O) groups is 2. The number of ether oxygens (including phenoxy) is 3. The molecule has 0 fully saturated rings. The molecule has 0 radical (unpaired) electrons. The van der Waals surface area contributed by atoms with Crippen LogP contribution in [0.3, 0.4) is 0 Å². The molecule has 7 nitrogen and oxygen atoms in total. The third-order valence-electron chi connectivity index (χ3n) is 4.06. The van der Waals surface area contributed by atoms with E-state index in [1.807, 2.05) is 6.92 Å². The summed E-state index contributed by atoms with van der Waals surface area (Å²) in [5, 5.41) is 12.1. The van der Waals surface area contributed by atoms with Gasteiger partial charge in [0.05, 0.1) is 33.3 Å². The normalized spacial score (nSPS) is 11.4. The van der Waals surface area contributed by atoms with Crippen molar-refractivity contribution in [3.8, 4) is 17.2 Å². The van der Waals surface area contributed by atoms with E-state index in [9.17, 15) is 14.7 Å². The highest BCUT2D eigenvalue weighted by Crippen LogP contribution is 2.31. The Labute approximate surface area is 164 Å². The lowest BCUT2D eigenvalue weighted by atomic mass is 10.0. The predicted octanol–water partition coefficient (Wildman–Crippen LogP) is 3.44. The molecule has 1 unspecified atom stereocenters. The van der Waals surface area contributed by atoms with Crippen molar-refractivity contribution in [1.29, 1.82) is 0 Å². The number of hydrogen-bond donors (Lipinski definition) is 2. The van der Waals surface area contributed by atoms with E-state index in [0.29, 0.717) is 35.0 Å². The molecular weight excluding hydrogens is 362 g/mol. The highest BCUT2D eigenvalue weighted by atomic mass is 16.5. The zero-order valence-electron chi connectivity index (χ0n) is 16.2. The Morgan fingerprint density at radius 2 is 1.82 bits per heavy atom. The molecule has 0 saturated heterocycles. The Balaban J connectivity index is 2.24. The van der Waals surface area contributed by atoms with E-state index in [2.05, 4.69) is 5.32 Å². The summed E-state index contributed by atoms with van der Waals surface area (Å²) in [7, 11) is 3.01. The Hall–Kier alpha value is -3.22. The van der Waals surface area contributed by atoms with Crippen LogP contribution in [0, 0.1) is 0 Å². The zero-order valence-corrected chi connectivity index (χ0v) is 16.2. The molecule has 150 valence electrons. The van der Waals surface area contributed by atoms with Gasteiger partial charge in [0.2, 0.25) is 0 Å². The molecule has 0 aliphatic carbocycles. The SMILES string of the molecule is CCCOc1cccc(C(=O)NC(CC(=O)O)c2ccc(OC)c(OC)c2)c1. The highest BCUT2D eigenvalue weighted by molar-refractivity contribution is 5.95. The van der Waals surface area contributed by atoms with Gasteiger partial charge in [0.1, 0.15) is 5.75 Å².